The molecule has 1 aliphatic heterocycles. The van der Waals surface area contributed by atoms with Gasteiger partial charge in [-0.05, 0) is 30.5 Å². The predicted octanol–water partition coefficient (Wildman–Crippen LogP) is 2.86. The first-order valence-corrected chi connectivity index (χ1v) is 8.18. The number of likely N-dealkylation sites (N-methyl/N-ethyl adjacent to an activating group) is 1. The Balaban J connectivity index is 1.53. The van der Waals surface area contributed by atoms with E-state index in [0.29, 0.717) is 12.5 Å². The number of furan rings is 1. The number of carbonyl (C=O) groups excluding carboxylic acids is 1. The molecule has 0 bridgehead atoms. The number of rotatable bonds is 5. The van der Waals surface area contributed by atoms with Crippen LogP contribution in [0, 0.1) is 6.92 Å². The fraction of sp³-hybridized carbons (Fsp3) is 0.421. The highest BCUT2D eigenvalue weighted by atomic mass is 16.3. The Labute approximate surface area is 137 Å². The second-order valence-corrected chi connectivity index (χ2v) is 6.37. The molecule has 1 atom stereocenters. The highest BCUT2D eigenvalue weighted by Crippen LogP contribution is 2.19. The van der Waals surface area contributed by atoms with Gasteiger partial charge in [0.1, 0.15) is 5.76 Å². The first kappa shape index (κ1) is 15.8. The number of hydrogen-bond acceptors (Lipinski definition) is 3. The molecule has 4 heteroatoms. The van der Waals surface area contributed by atoms with E-state index in [4.69, 9.17) is 4.42 Å². The molecule has 1 saturated heterocycles. The second kappa shape index (κ2) is 7.01. The molecule has 3 rings (SSSR count). The van der Waals surface area contributed by atoms with Crippen molar-refractivity contribution in [2.75, 3.05) is 20.1 Å². The summed E-state index contributed by atoms with van der Waals surface area (Å²) in [5, 5.41) is 0. The van der Waals surface area contributed by atoms with Gasteiger partial charge in [-0.2, -0.15) is 0 Å². The Morgan fingerprint density at radius 3 is 2.78 bits per heavy atom. The molecule has 0 N–H and O–H groups in total. The van der Waals surface area contributed by atoms with Crippen LogP contribution in [0.2, 0.25) is 0 Å². The van der Waals surface area contributed by atoms with E-state index in [1.54, 1.807) is 6.26 Å². The van der Waals surface area contributed by atoms with Crippen LogP contribution in [0.4, 0.5) is 0 Å². The summed E-state index contributed by atoms with van der Waals surface area (Å²) in [6.45, 7) is 4.91. The molecule has 0 radical (unpaired) electrons. The summed E-state index contributed by atoms with van der Waals surface area (Å²) >= 11 is 0. The molecule has 1 aromatic carbocycles. The van der Waals surface area contributed by atoms with Crippen LogP contribution in [0.1, 0.15) is 23.3 Å². The summed E-state index contributed by atoms with van der Waals surface area (Å²) in [4.78, 5) is 16.8. The maximum absolute atomic E-state index is 12.5. The van der Waals surface area contributed by atoms with Gasteiger partial charge >= 0.3 is 0 Å². The molecule has 23 heavy (non-hydrogen) atoms. The van der Waals surface area contributed by atoms with Crippen molar-refractivity contribution >= 4 is 5.91 Å². The summed E-state index contributed by atoms with van der Waals surface area (Å²) in [6.07, 6.45) is 3.03. The van der Waals surface area contributed by atoms with Crippen LogP contribution >= 0.6 is 0 Å². The highest BCUT2D eigenvalue weighted by molar-refractivity contribution is 5.78. The number of likely N-dealkylation sites (tertiary alicyclic amines) is 1. The van der Waals surface area contributed by atoms with Gasteiger partial charge in [0.05, 0.1) is 12.7 Å². The summed E-state index contributed by atoms with van der Waals surface area (Å²) in [5.74, 6) is 0.913. The average Bonchev–Trinajstić information content (AvgIpc) is 3.17. The fourth-order valence-corrected chi connectivity index (χ4v) is 3.16. The first-order valence-electron chi connectivity index (χ1n) is 8.18. The normalized spacial score (nSPS) is 18.3. The van der Waals surface area contributed by atoms with Crippen molar-refractivity contribution in [2.24, 2.45) is 0 Å². The number of amides is 1. The largest absolute Gasteiger partial charge is 0.469 e. The van der Waals surface area contributed by atoms with Crippen LogP contribution in [0.25, 0.3) is 0 Å². The van der Waals surface area contributed by atoms with E-state index < -0.39 is 0 Å². The zero-order chi connectivity index (χ0) is 16.2. The van der Waals surface area contributed by atoms with Gasteiger partial charge in [-0.25, -0.2) is 0 Å². The van der Waals surface area contributed by atoms with E-state index >= 15 is 0 Å². The lowest BCUT2D eigenvalue weighted by molar-refractivity contribution is -0.131. The van der Waals surface area contributed by atoms with Gasteiger partial charge in [-0.3, -0.25) is 9.69 Å². The SMILES string of the molecule is Cc1ccoc1CC(=O)N(C)C1CCN(Cc2ccccc2)C1. The molecule has 4 nitrogen and oxygen atoms in total. The van der Waals surface area contributed by atoms with E-state index in [9.17, 15) is 4.79 Å². The monoisotopic (exact) mass is 312 g/mol. The number of hydrogen-bond donors (Lipinski definition) is 0. The van der Waals surface area contributed by atoms with E-state index in [2.05, 4.69) is 29.2 Å². The van der Waals surface area contributed by atoms with Gasteiger partial charge < -0.3 is 9.32 Å². The first-order chi connectivity index (χ1) is 11.1. The Morgan fingerprint density at radius 1 is 1.30 bits per heavy atom. The molecule has 1 aromatic heterocycles. The van der Waals surface area contributed by atoms with Crippen molar-refractivity contribution in [2.45, 2.75) is 32.4 Å². The van der Waals surface area contributed by atoms with Gasteiger partial charge in [0.15, 0.2) is 0 Å². The molecule has 122 valence electrons. The third-order valence-electron chi connectivity index (χ3n) is 4.72. The Morgan fingerprint density at radius 2 is 2.09 bits per heavy atom. The predicted molar refractivity (Wildman–Crippen MR) is 90.0 cm³/mol. The van der Waals surface area contributed by atoms with Gasteiger partial charge in [0.25, 0.3) is 0 Å². The number of aryl methyl sites for hydroxylation is 1. The Hall–Kier alpha value is -2.07. The van der Waals surface area contributed by atoms with Crippen molar-refractivity contribution in [1.29, 1.82) is 0 Å². The zero-order valence-corrected chi connectivity index (χ0v) is 13.9. The van der Waals surface area contributed by atoms with Gasteiger partial charge in [-0.15, -0.1) is 0 Å². The third-order valence-corrected chi connectivity index (χ3v) is 4.72. The molecule has 1 aliphatic rings. The van der Waals surface area contributed by atoms with Crippen LogP contribution in [0.15, 0.2) is 47.1 Å². The average molecular weight is 312 g/mol. The maximum atomic E-state index is 12.5. The molecule has 0 spiro atoms. The molecule has 1 fully saturated rings. The summed E-state index contributed by atoms with van der Waals surface area (Å²) in [5.41, 5.74) is 2.37. The molecule has 1 amide bonds. The van der Waals surface area contributed by atoms with Crippen LogP contribution in [-0.4, -0.2) is 41.9 Å². The minimum atomic E-state index is 0.134. The van der Waals surface area contributed by atoms with Crippen LogP contribution in [0.3, 0.4) is 0 Å². The van der Waals surface area contributed by atoms with E-state index in [-0.39, 0.29) is 5.91 Å². The van der Waals surface area contributed by atoms with E-state index in [1.165, 1.54) is 5.56 Å². The van der Waals surface area contributed by atoms with Crippen molar-refractivity contribution in [3.63, 3.8) is 0 Å². The zero-order valence-electron chi connectivity index (χ0n) is 13.9. The molecule has 1 unspecified atom stereocenters. The van der Waals surface area contributed by atoms with E-state index in [0.717, 1.165) is 37.4 Å². The fourth-order valence-electron chi connectivity index (χ4n) is 3.16. The topological polar surface area (TPSA) is 36.7 Å². The Kier molecular flexibility index (Phi) is 4.82. The molecular weight excluding hydrogens is 288 g/mol. The van der Waals surface area contributed by atoms with Crippen molar-refractivity contribution in [3.8, 4) is 0 Å². The minimum absolute atomic E-state index is 0.134. The lowest BCUT2D eigenvalue weighted by Crippen LogP contribution is -2.39. The standard InChI is InChI=1S/C19H24N2O2/c1-15-9-11-23-18(15)12-19(22)20(2)17-8-10-21(14-17)13-16-6-4-3-5-7-16/h3-7,9,11,17H,8,10,12-14H2,1-2H3. The minimum Gasteiger partial charge on any atom is -0.469 e. The van der Waals surface area contributed by atoms with Crippen LogP contribution in [-0.2, 0) is 17.8 Å². The Bertz CT molecular complexity index is 650. The van der Waals surface area contributed by atoms with Crippen molar-refractivity contribution in [3.05, 3.63) is 59.5 Å². The molecular formula is C19H24N2O2. The third kappa shape index (κ3) is 3.82. The highest BCUT2D eigenvalue weighted by Gasteiger charge is 2.28. The lowest BCUT2D eigenvalue weighted by Gasteiger charge is -2.25. The number of benzene rings is 1. The maximum Gasteiger partial charge on any atom is 0.230 e. The number of carbonyl (C=O) groups is 1. The van der Waals surface area contributed by atoms with Crippen LogP contribution < -0.4 is 0 Å². The second-order valence-electron chi connectivity index (χ2n) is 6.37. The summed E-state index contributed by atoms with van der Waals surface area (Å²) in [7, 11) is 1.91. The molecule has 2 heterocycles. The quantitative estimate of drug-likeness (QED) is 0.852. The van der Waals surface area contributed by atoms with Gasteiger partial charge in [-0.1, -0.05) is 30.3 Å². The molecule has 0 saturated carbocycles. The van der Waals surface area contributed by atoms with Crippen molar-refractivity contribution in [1.82, 2.24) is 9.80 Å². The molecule has 0 aliphatic carbocycles. The lowest BCUT2D eigenvalue weighted by atomic mass is 10.1. The van der Waals surface area contributed by atoms with Crippen LogP contribution in [0.5, 0.6) is 0 Å². The van der Waals surface area contributed by atoms with Crippen molar-refractivity contribution < 1.29 is 9.21 Å². The van der Waals surface area contributed by atoms with Gasteiger partial charge in [0.2, 0.25) is 5.91 Å². The van der Waals surface area contributed by atoms with Gasteiger partial charge in [0, 0.05) is 32.7 Å². The van der Waals surface area contributed by atoms with E-state index in [1.807, 2.05) is 31.0 Å². The smallest absolute Gasteiger partial charge is 0.230 e. The number of nitrogens with zero attached hydrogens (tertiary/aromatic N) is 2. The molecule has 2 aromatic rings. The summed E-state index contributed by atoms with van der Waals surface area (Å²) in [6, 6.07) is 12.7. The summed E-state index contributed by atoms with van der Waals surface area (Å²) < 4.78 is 5.39.